The number of methoxy groups -OCH3 is 1. The molecule has 2 aromatic rings. The van der Waals surface area contributed by atoms with E-state index in [1.54, 1.807) is 13.0 Å². The fraction of sp³-hybridized carbons (Fsp3) is 0.188. The Hall–Kier alpha value is -2.16. The van der Waals surface area contributed by atoms with Gasteiger partial charge in [0.2, 0.25) is 15.9 Å². The Morgan fingerprint density at radius 3 is 2.56 bits per heavy atom. The number of hydrogen-bond acceptors (Lipinski definition) is 4. The van der Waals surface area contributed by atoms with Gasteiger partial charge >= 0.3 is 0 Å². The number of hydrogen-bond donors (Lipinski definition) is 2. The first-order chi connectivity index (χ1) is 11.7. The number of rotatable bonds is 6. The van der Waals surface area contributed by atoms with Gasteiger partial charge in [0.25, 0.3) is 0 Å². The van der Waals surface area contributed by atoms with E-state index in [4.69, 9.17) is 16.3 Å². The van der Waals surface area contributed by atoms with E-state index in [-0.39, 0.29) is 15.6 Å². The van der Waals surface area contributed by atoms with Gasteiger partial charge in [-0.1, -0.05) is 11.6 Å². The highest BCUT2D eigenvalue weighted by molar-refractivity contribution is 7.89. The van der Waals surface area contributed by atoms with Gasteiger partial charge < -0.3 is 10.1 Å². The number of sulfonamides is 1. The fourth-order valence-corrected chi connectivity index (χ4v) is 3.45. The third kappa shape index (κ3) is 4.91. The van der Waals surface area contributed by atoms with Crippen molar-refractivity contribution in [1.82, 2.24) is 4.72 Å². The predicted octanol–water partition coefficient (Wildman–Crippen LogP) is 2.71. The summed E-state index contributed by atoms with van der Waals surface area (Å²) in [4.78, 5) is 11.9. The second-order valence-electron chi connectivity index (χ2n) is 5.13. The van der Waals surface area contributed by atoms with Crippen molar-refractivity contribution in [2.24, 2.45) is 0 Å². The molecular formula is C16H16ClFN2O4S. The van der Waals surface area contributed by atoms with Crippen molar-refractivity contribution >= 4 is 33.2 Å². The Balaban J connectivity index is 2.03. The SMILES string of the molecule is COc1ccc(S(=O)(=O)NCC(=O)Nc2ccc(F)c(Cl)c2)c(C)c1. The number of aryl methyl sites for hydroxylation is 1. The van der Waals surface area contributed by atoms with Crippen molar-refractivity contribution in [1.29, 1.82) is 0 Å². The summed E-state index contributed by atoms with van der Waals surface area (Å²) in [5, 5.41) is 2.28. The van der Waals surface area contributed by atoms with Crippen LogP contribution in [0.1, 0.15) is 5.56 Å². The highest BCUT2D eigenvalue weighted by atomic mass is 35.5. The molecular weight excluding hydrogens is 371 g/mol. The quantitative estimate of drug-likeness (QED) is 0.799. The fourth-order valence-electron chi connectivity index (χ4n) is 2.07. The third-order valence-corrected chi connectivity index (χ3v) is 5.15. The maximum absolute atomic E-state index is 13.1. The molecule has 2 aromatic carbocycles. The Morgan fingerprint density at radius 1 is 1.24 bits per heavy atom. The molecule has 0 fully saturated rings. The monoisotopic (exact) mass is 386 g/mol. The van der Waals surface area contributed by atoms with Gasteiger partial charge in [0.15, 0.2) is 0 Å². The van der Waals surface area contributed by atoms with Crippen LogP contribution in [0.5, 0.6) is 5.75 Å². The summed E-state index contributed by atoms with van der Waals surface area (Å²) in [5.74, 6) is -0.699. The lowest BCUT2D eigenvalue weighted by atomic mass is 10.2. The lowest BCUT2D eigenvalue weighted by molar-refractivity contribution is -0.115. The third-order valence-electron chi connectivity index (χ3n) is 3.30. The van der Waals surface area contributed by atoms with Crippen LogP contribution in [0.15, 0.2) is 41.3 Å². The first kappa shape index (κ1) is 19.2. The van der Waals surface area contributed by atoms with Gasteiger partial charge in [-0.3, -0.25) is 4.79 Å². The molecule has 0 unspecified atom stereocenters. The summed E-state index contributed by atoms with van der Waals surface area (Å²) in [6.07, 6.45) is 0. The molecule has 2 N–H and O–H groups in total. The summed E-state index contributed by atoms with van der Waals surface area (Å²) in [6.45, 7) is 1.14. The molecule has 0 bridgehead atoms. The molecule has 0 aliphatic carbocycles. The van der Waals surface area contributed by atoms with Crippen LogP contribution in [-0.4, -0.2) is 28.0 Å². The average molecular weight is 387 g/mol. The second-order valence-corrected chi connectivity index (χ2v) is 7.28. The zero-order chi connectivity index (χ0) is 18.6. The van der Waals surface area contributed by atoms with Crippen LogP contribution in [-0.2, 0) is 14.8 Å². The molecule has 0 saturated heterocycles. The smallest absolute Gasteiger partial charge is 0.241 e. The molecule has 0 spiro atoms. The van der Waals surface area contributed by atoms with E-state index in [9.17, 15) is 17.6 Å². The highest BCUT2D eigenvalue weighted by Crippen LogP contribution is 2.21. The largest absolute Gasteiger partial charge is 0.497 e. The number of ether oxygens (including phenoxy) is 1. The molecule has 134 valence electrons. The number of nitrogens with one attached hydrogen (secondary N) is 2. The van der Waals surface area contributed by atoms with Crippen LogP contribution in [0.3, 0.4) is 0 Å². The van der Waals surface area contributed by atoms with Crippen LogP contribution in [0.25, 0.3) is 0 Å². The zero-order valence-corrected chi connectivity index (χ0v) is 15.0. The Kier molecular flexibility index (Phi) is 5.99. The van der Waals surface area contributed by atoms with Gasteiger partial charge in [0, 0.05) is 5.69 Å². The van der Waals surface area contributed by atoms with Crippen molar-refractivity contribution in [3.05, 3.63) is 52.8 Å². The van der Waals surface area contributed by atoms with Crippen LogP contribution in [0, 0.1) is 12.7 Å². The average Bonchev–Trinajstić information content (AvgIpc) is 2.56. The molecule has 0 radical (unpaired) electrons. The highest BCUT2D eigenvalue weighted by Gasteiger charge is 2.18. The first-order valence-corrected chi connectivity index (χ1v) is 8.98. The number of amides is 1. The molecule has 25 heavy (non-hydrogen) atoms. The van der Waals surface area contributed by atoms with Gasteiger partial charge in [-0.25, -0.2) is 17.5 Å². The second kappa shape index (κ2) is 7.81. The van der Waals surface area contributed by atoms with Gasteiger partial charge in [-0.2, -0.15) is 0 Å². The van der Waals surface area contributed by atoms with Crippen LogP contribution < -0.4 is 14.8 Å². The van der Waals surface area contributed by atoms with Gasteiger partial charge in [-0.05, 0) is 48.9 Å². The van der Waals surface area contributed by atoms with Crippen molar-refractivity contribution in [3.8, 4) is 5.75 Å². The van der Waals surface area contributed by atoms with E-state index < -0.39 is 28.3 Å². The summed E-state index contributed by atoms with van der Waals surface area (Å²) < 4.78 is 44.9. The van der Waals surface area contributed by atoms with Crippen molar-refractivity contribution in [2.75, 3.05) is 19.0 Å². The molecule has 1 amide bonds. The molecule has 0 aliphatic heterocycles. The van der Waals surface area contributed by atoms with E-state index in [2.05, 4.69) is 10.0 Å². The topological polar surface area (TPSA) is 84.5 Å². The predicted molar refractivity (Wildman–Crippen MR) is 93.0 cm³/mol. The van der Waals surface area contributed by atoms with Gasteiger partial charge in [0.1, 0.15) is 11.6 Å². The minimum atomic E-state index is -3.87. The van der Waals surface area contributed by atoms with E-state index >= 15 is 0 Å². The van der Waals surface area contributed by atoms with Crippen LogP contribution in [0.4, 0.5) is 10.1 Å². The van der Waals surface area contributed by atoms with Gasteiger partial charge in [0.05, 0.1) is 23.6 Å². The maximum atomic E-state index is 13.1. The van der Waals surface area contributed by atoms with Crippen molar-refractivity contribution < 1.29 is 22.3 Å². The molecule has 0 aromatic heterocycles. The number of anilines is 1. The molecule has 6 nitrogen and oxygen atoms in total. The number of carbonyl (C=O) groups excluding carboxylic acids is 1. The molecule has 0 saturated carbocycles. The first-order valence-electron chi connectivity index (χ1n) is 7.12. The number of carbonyl (C=O) groups is 1. The number of benzene rings is 2. The van der Waals surface area contributed by atoms with E-state index in [0.29, 0.717) is 11.3 Å². The van der Waals surface area contributed by atoms with E-state index in [1.165, 1.54) is 31.4 Å². The normalized spacial score (nSPS) is 11.2. The van der Waals surface area contributed by atoms with Crippen molar-refractivity contribution in [2.45, 2.75) is 11.8 Å². The summed E-state index contributed by atoms with van der Waals surface area (Å²) in [6, 6.07) is 8.15. The van der Waals surface area contributed by atoms with Crippen LogP contribution in [0.2, 0.25) is 5.02 Å². The zero-order valence-electron chi connectivity index (χ0n) is 13.5. The maximum Gasteiger partial charge on any atom is 0.241 e. The van der Waals surface area contributed by atoms with Crippen LogP contribution >= 0.6 is 11.6 Å². The Bertz CT molecular complexity index is 903. The number of halogens is 2. The minimum absolute atomic E-state index is 0.0472. The van der Waals surface area contributed by atoms with E-state index in [0.717, 1.165) is 6.07 Å². The van der Waals surface area contributed by atoms with Gasteiger partial charge in [-0.15, -0.1) is 0 Å². The standard InChI is InChI=1S/C16H16ClFN2O4S/c1-10-7-12(24-2)4-6-15(10)25(22,23)19-9-16(21)20-11-3-5-14(18)13(17)8-11/h3-8,19H,9H2,1-2H3,(H,20,21). The summed E-state index contributed by atoms with van der Waals surface area (Å²) in [5.41, 5.74) is 0.744. The summed E-state index contributed by atoms with van der Waals surface area (Å²) >= 11 is 5.62. The minimum Gasteiger partial charge on any atom is -0.497 e. The lowest BCUT2D eigenvalue weighted by Gasteiger charge is -2.11. The Labute approximate surface area is 150 Å². The molecule has 0 atom stereocenters. The summed E-state index contributed by atoms with van der Waals surface area (Å²) in [7, 11) is -2.39. The Morgan fingerprint density at radius 2 is 1.96 bits per heavy atom. The molecule has 0 heterocycles. The van der Waals surface area contributed by atoms with Crippen molar-refractivity contribution in [3.63, 3.8) is 0 Å². The van der Waals surface area contributed by atoms with E-state index in [1.807, 2.05) is 0 Å². The lowest BCUT2D eigenvalue weighted by Crippen LogP contribution is -2.33. The molecule has 2 rings (SSSR count). The molecule has 0 aliphatic rings. The molecule has 9 heteroatoms.